The Labute approximate surface area is 101 Å². The number of carbonyl (C=O) groups excluding carboxylic acids is 1. The summed E-state index contributed by atoms with van der Waals surface area (Å²) in [5, 5.41) is 6.53. The highest BCUT2D eigenvalue weighted by Gasteiger charge is 2.69. The lowest BCUT2D eigenvalue weighted by molar-refractivity contribution is -0.190. The molecule has 18 heavy (non-hydrogen) atoms. The molecule has 7 heteroatoms. The molecular weight excluding hydrogens is 247 g/mol. The van der Waals surface area contributed by atoms with Gasteiger partial charge in [-0.15, -0.1) is 0 Å². The minimum atomic E-state index is -4.45. The monoisotopic (exact) mass is 259 g/mol. The van der Waals surface area contributed by atoms with Crippen LogP contribution in [0.4, 0.5) is 18.9 Å². The third kappa shape index (κ3) is 1.46. The maximum absolute atomic E-state index is 12.9. The molecule has 0 saturated heterocycles. The van der Waals surface area contributed by atoms with Crippen molar-refractivity contribution in [2.75, 3.05) is 11.4 Å². The van der Waals surface area contributed by atoms with Crippen molar-refractivity contribution in [1.29, 1.82) is 0 Å². The predicted molar refractivity (Wildman–Crippen MR) is 57.0 cm³/mol. The summed E-state index contributed by atoms with van der Waals surface area (Å²) in [6.45, 7) is 0.337. The number of H-pyrrole nitrogens is 1. The van der Waals surface area contributed by atoms with E-state index in [-0.39, 0.29) is 12.8 Å². The maximum Gasteiger partial charge on any atom is 0.403 e. The molecule has 3 rings (SSSR count). The van der Waals surface area contributed by atoms with Crippen LogP contribution in [0.3, 0.4) is 0 Å². The van der Waals surface area contributed by atoms with Crippen LogP contribution in [0.2, 0.25) is 0 Å². The van der Waals surface area contributed by atoms with Crippen LogP contribution in [0.25, 0.3) is 0 Å². The Morgan fingerprint density at radius 1 is 1.44 bits per heavy atom. The van der Waals surface area contributed by atoms with Crippen molar-refractivity contribution in [2.45, 2.75) is 31.9 Å². The van der Waals surface area contributed by atoms with Crippen LogP contribution in [-0.4, -0.2) is 28.8 Å². The van der Waals surface area contributed by atoms with E-state index in [1.165, 1.54) is 11.1 Å². The second kappa shape index (κ2) is 3.49. The van der Waals surface area contributed by atoms with E-state index in [9.17, 15) is 18.0 Å². The number of nitrogens with zero attached hydrogens (tertiary/aromatic N) is 2. The number of alkyl halides is 3. The summed E-state index contributed by atoms with van der Waals surface area (Å²) in [5.41, 5.74) is -0.895. The molecule has 0 aromatic carbocycles. The van der Waals surface area contributed by atoms with Crippen LogP contribution in [-0.2, 0) is 11.2 Å². The smallest absolute Gasteiger partial charge is 0.308 e. The van der Waals surface area contributed by atoms with Crippen LogP contribution in [0.1, 0.15) is 25.0 Å². The largest absolute Gasteiger partial charge is 0.403 e. The first-order chi connectivity index (χ1) is 8.46. The number of carbonyl (C=O) groups is 1. The fourth-order valence-corrected chi connectivity index (χ4v) is 2.47. The fraction of sp³-hybridized carbons (Fsp3) is 0.636. The van der Waals surface area contributed by atoms with Gasteiger partial charge in [-0.1, -0.05) is 0 Å². The van der Waals surface area contributed by atoms with Gasteiger partial charge in [-0.2, -0.15) is 18.3 Å². The molecule has 1 N–H and O–H groups in total. The average molecular weight is 259 g/mol. The first-order valence-corrected chi connectivity index (χ1v) is 5.87. The van der Waals surface area contributed by atoms with Gasteiger partial charge in [0.1, 0.15) is 5.41 Å². The van der Waals surface area contributed by atoms with Crippen LogP contribution < -0.4 is 4.90 Å². The molecule has 2 heterocycles. The summed E-state index contributed by atoms with van der Waals surface area (Å²) in [6, 6.07) is 0. The van der Waals surface area contributed by atoms with E-state index in [1.807, 2.05) is 0 Å². The van der Waals surface area contributed by atoms with E-state index < -0.39 is 17.5 Å². The van der Waals surface area contributed by atoms with Crippen molar-refractivity contribution < 1.29 is 18.0 Å². The quantitative estimate of drug-likeness (QED) is 0.839. The summed E-state index contributed by atoms with van der Waals surface area (Å²) < 4.78 is 38.8. The van der Waals surface area contributed by atoms with Gasteiger partial charge in [0.2, 0.25) is 5.91 Å². The van der Waals surface area contributed by atoms with Gasteiger partial charge in [0.25, 0.3) is 0 Å². The number of aromatic amines is 1. The molecule has 1 aromatic heterocycles. The van der Waals surface area contributed by atoms with Crippen molar-refractivity contribution in [3.05, 3.63) is 11.9 Å². The molecule has 1 saturated carbocycles. The Morgan fingerprint density at radius 2 is 2.17 bits per heavy atom. The van der Waals surface area contributed by atoms with E-state index >= 15 is 0 Å². The van der Waals surface area contributed by atoms with Crippen molar-refractivity contribution in [3.8, 4) is 0 Å². The summed E-state index contributed by atoms with van der Waals surface area (Å²) in [6.07, 6.45) is -1.84. The van der Waals surface area contributed by atoms with Crippen LogP contribution in [0, 0.1) is 5.41 Å². The van der Waals surface area contributed by atoms with Gasteiger partial charge in [0, 0.05) is 6.54 Å². The number of aryl methyl sites for hydroxylation is 1. The van der Waals surface area contributed by atoms with E-state index in [4.69, 9.17) is 0 Å². The molecule has 98 valence electrons. The molecule has 0 unspecified atom stereocenters. The van der Waals surface area contributed by atoms with Gasteiger partial charge in [-0.3, -0.25) is 9.89 Å². The van der Waals surface area contributed by atoms with E-state index in [1.54, 1.807) is 0 Å². The van der Waals surface area contributed by atoms with Crippen LogP contribution in [0.15, 0.2) is 6.20 Å². The number of amides is 1. The molecule has 1 fully saturated rings. The topological polar surface area (TPSA) is 49.0 Å². The number of hydrogen-bond donors (Lipinski definition) is 1. The highest BCUT2D eigenvalue weighted by Crippen LogP contribution is 2.59. The van der Waals surface area contributed by atoms with Gasteiger partial charge < -0.3 is 4.90 Å². The van der Waals surface area contributed by atoms with Gasteiger partial charge in [0.15, 0.2) is 0 Å². The number of fused-ring (bicyclic) bond motifs is 1. The van der Waals surface area contributed by atoms with Gasteiger partial charge in [-0.25, -0.2) is 0 Å². The minimum Gasteiger partial charge on any atom is -0.308 e. The molecule has 2 aliphatic rings. The third-order valence-electron chi connectivity index (χ3n) is 3.74. The van der Waals surface area contributed by atoms with Crippen LogP contribution >= 0.6 is 0 Å². The van der Waals surface area contributed by atoms with Crippen molar-refractivity contribution in [3.63, 3.8) is 0 Å². The first-order valence-electron chi connectivity index (χ1n) is 5.87. The summed E-state index contributed by atoms with van der Waals surface area (Å²) in [4.78, 5) is 13.4. The van der Waals surface area contributed by atoms with E-state index in [2.05, 4.69) is 10.2 Å². The third-order valence-corrected chi connectivity index (χ3v) is 3.74. The molecule has 4 nitrogen and oxygen atoms in total. The molecule has 1 amide bonds. The fourth-order valence-electron chi connectivity index (χ4n) is 2.47. The molecule has 1 aromatic rings. The molecular formula is C11H12F3N3O. The SMILES string of the molecule is O=C(N1CCCc2[nH]ncc21)C1(C(F)(F)F)CC1. The van der Waals surface area contributed by atoms with Crippen molar-refractivity contribution >= 4 is 11.6 Å². The summed E-state index contributed by atoms with van der Waals surface area (Å²) >= 11 is 0. The lowest BCUT2D eigenvalue weighted by atomic mass is 10.0. The Hall–Kier alpha value is -1.53. The van der Waals surface area contributed by atoms with Crippen LogP contribution in [0.5, 0.6) is 0 Å². The Balaban J connectivity index is 1.92. The zero-order chi connectivity index (χ0) is 13.0. The Morgan fingerprint density at radius 3 is 2.78 bits per heavy atom. The number of anilines is 1. The second-order valence-electron chi connectivity index (χ2n) is 4.87. The standard InChI is InChI=1S/C11H12F3N3O/c12-11(13,14)10(3-4-10)9(18)17-5-1-2-7-8(17)6-15-16-7/h6H,1-5H2,(H,15,16). The lowest BCUT2D eigenvalue weighted by Crippen LogP contribution is -2.46. The summed E-state index contributed by atoms with van der Waals surface area (Å²) in [7, 11) is 0. The van der Waals surface area contributed by atoms with Gasteiger partial charge in [-0.05, 0) is 25.7 Å². The summed E-state index contributed by atoms with van der Waals surface area (Å²) in [5.74, 6) is -0.822. The molecule has 0 bridgehead atoms. The highest BCUT2D eigenvalue weighted by molar-refractivity contribution is 6.00. The molecule has 1 aliphatic carbocycles. The Kier molecular flexibility index (Phi) is 2.24. The number of hydrogen-bond acceptors (Lipinski definition) is 2. The highest BCUT2D eigenvalue weighted by atomic mass is 19.4. The van der Waals surface area contributed by atoms with E-state index in [0.29, 0.717) is 18.7 Å². The molecule has 0 atom stereocenters. The zero-order valence-corrected chi connectivity index (χ0v) is 9.55. The van der Waals surface area contributed by atoms with Gasteiger partial charge in [0.05, 0.1) is 17.6 Å². The van der Waals surface area contributed by atoms with Gasteiger partial charge >= 0.3 is 6.18 Å². The predicted octanol–water partition coefficient (Wildman–Crippen LogP) is 2.03. The Bertz CT molecular complexity index is 490. The molecule has 0 spiro atoms. The normalized spacial score (nSPS) is 21.6. The number of aromatic nitrogens is 2. The maximum atomic E-state index is 12.9. The lowest BCUT2D eigenvalue weighted by Gasteiger charge is -2.30. The zero-order valence-electron chi connectivity index (χ0n) is 9.55. The number of rotatable bonds is 1. The van der Waals surface area contributed by atoms with Crippen molar-refractivity contribution in [1.82, 2.24) is 10.2 Å². The molecule has 1 aliphatic heterocycles. The van der Waals surface area contributed by atoms with E-state index in [0.717, 1.165) is 12.1 Å². The second-order valence-corrected chi connectivity index (χ2v) is 4.87. The van der Waals surface area contributed by atoms with Crippen molar-refractivity contribution in [2.24, 2.45) is 5.41 Å². The minimum absolute atomic E-state index is 0.0982. The number of nitrogens with one attached hydrogen (secondary N) is 1. The molecule has 0 radical (unpaired) electrons. The number of halogens is 3. The average Bonchev–Trinajstić information content (AvgIpc) is 3.00. The first kappa shape index (κ1) is 11.6.